The predicted octanol–water partition coefficient (Wildman–Crippen LogP) is 3.19. The van der Waals surface area contributed by atoms with Crippen molar-refractivity contribution in [2.45, 2.75) is 0 Å². The van der Waals surface area contributed by atoms with Crippen LogP contribution in [0.25, 0.3) is 5.57 Å². The summed E-state index contributed by atoms with van der Waals surface area (Å²) in [4.78, 5) is 4.15. The first kappa shape index (κ1) is 13.5. The first-order chi connectivity index (χ1) is 9.69. The highest BCUT2D eigenvalue weighted by atomic mass is 19.1. The van der Waals surface area contributed by atoms with E-state index in [0.29, 0.717) is 5.57 Å². The standard InChI is InChI=1S/C16H10FN3/c1-20-16-7-4-12(13(9-18)10-19)8-15(16)11-2-5-14(17)6-3-11/h2-8H,1H3. The van der Waals surface area contributed by atoms with Gasteiger partial charge in [-0.25, -0.2) is 4.39 Å². The normalized spacial score (nSPS) is 15.5. The lowest BCUT2D eigenvalue weighted by molar-refractivity contribution is 0.627. The van der Waals surface area contributed by atoms with Gasteiger partial charge in [0, 0.05) is 18.2 Å². The maximum Gasteiger partial charge on any atom is 0.136 e. The van der Waals surface area contributed by atoms with Gasteiger partial charge in [0.25, 0.3) is 0 Å². The second-order valence-electron chi connectivity index (χ2n) is 4.06. The Bertz CT molecular complexity index is 719. The molecule has 0 radical (unpaired) electrons. The Morgan fingerprint density at radius 2 is 1.75 bits per heavy atom. The van der Waals surface area contributed by atoms with Crippen molar-refractivity contribution in [2.24, 2.45) is 4.99 Å². The fourth-order valence-electron chi connectivity index (χ4n) is 1.90. The Morgan fingerprint density at radius 1 is 1.10 bits per heavy atom. The molecule has 0 fully saturated rings. The van der Waals surface area contributed by atoms with Crippen LogP contribution in [0, 0.1) is 28.5 Å². The van der Waals surface area contributed by atoms with Crippen LogP contribution in [-0.2, 0) is 0 Å². The van der Waals surface area contributed by atoms with E-state index >= 15 is 0 Å². The van der Waals surface area contributed by atoms with E-state index < -0.39 is 0 Å². The molecule has 0 saturated carbocycles. The summed E-state index contributed by atoms with van der Waals surface area (Å²) in [6.45, 7) is 0. The average Bonchev–Trinajstić information content (AvgIpc) is 2.49. The number of nitriles is 2. The van der Waals surface area contributed by atoms with E-state index in [-0.39, 0.29) is 11.4 Å². The molecule has 0 N–H and O–H groups in total. The van der Waals surface area contributed by atoms with Crippen molar-refractivity contribution in [3.63, 3.8) is 0 Å². The summed E-state index contributed by atoms with van der Waals surface area (Å²) >= 11 is 0. The first-order valence-electron chi connectivity index (χ1n) is 5.87. The third-order valence-electron chi connectivity index (χ3n) is 2.90. The summed E-state index contributed by atoms with van der Waals surface area (Å²) in [5.41, 5.74) is 2.82. The van der Waals surface area contributed by atoms with Gasteiger partial charge in [0.05, 0.1) is 5.71 Å². The summed E-state index contributed by atoms with van der Waals surface area (Å²) in [5, 5.41) is 17.8. The fourth-order valence-corrected chi connectivity index (χ4v) is 1.90. The van der Waals surface area contributed by atoms with Crippen LogP contribution in [0.1, 0.15) is 5.56 Å². The molecule has 0 atom stereocenters. The molecule has 0 saturated heterocycles. The van der Waals surface area contributed by atoms with Crippen molar-refractivity contribution in [3.05, 3.63) is 65.0 Å². The maximum atomic E-state index is 13.0. The van der Waals surface area contributed by atoms with Gasteiger partial charge >= 0.3 is 0 Å². The second kappa shape index (κ2) is 5.77. The number of halogens is 1. The molecule has 0 aromatic heterocycles. The molecule has 2 rings (SSSR count). The van der Waals surface area contributed by atoms with Crippen molar-refractivity contribution in [3.8, 4) is 12.1 Å². The lowest BCUT2D eigenvalue weighted by Gasteiger charge is -2.13. The average molecular weight is 263 g/mol. The van der Waals surface area contributed by atoms with Gasteiger partial charge in [-0.1, -0.05) is 18.2 Å². The number of aliphatic imine (C=N–C) groups is 1. The van der Waals surface area contributed by atoms with Crippen LogP contribution >= 0.6 is 0 Å². The van der Waals surface area contributed by atoms with Crippen LogP contribution in [0.4, 0.5) is 4.39 Å². The van der Waals surface area contributed by atoms with Crippen LogP contribution in [0.15, 0.2) is 58.6 Å². The molecule has 0 amide bonds. The Balaban J connectivity index is 2.59. The molecule has 3 nitrogen and oxygen atoms in total. The SMILES string of the molecule is CN=C1C=CC(=C(C#N)C#N)C=C1c1ccc(F)cc1. The van der Waals surface area contributed by atoms with Gasteiger partial charge in [-0.2, -0.15) is 10.5 Å². The van der Waals surface area contributed by atoms with Gasteiger partial charge in [0.1, 0.15) is 23.5 Å². The van der Waals surface area contributed by atoms with Crippen LogP contribution in [0.2, 0.25) is 0 Å². The first-order valence-corrected chi connectivity index (χ1v) is 5.87. The van der Waals surface area contributed by atoms with E-state index in [2.05, 4.69) is 4.99 Å². The Labute approximate surface area is 116 Å². The lowest BCUT2D eigenvalue weighted by atomic mass is 9.92. The maximum absolute atomic E-state index is 13.0. The number of allylic oxidation sites excluding steroid dienone is 6. The van der Waals surface area contributed by atoms with E-state index in [1.165, 1.54) is 12.1 Å². The largest absolute Gasteiger partial charge is 0.288 e. The minimum atomic E-state index is -0.318. The minimum absolute atomic E-state index is 0.0380. The van der Waals surface area contributed by atoms with Crippen LogP contribution in [-0.4, -0.2) is 12.8 Å². The van der Waals surface area contributed by atoms with E-state index in [9.17, 15) is 4.39 Å². The van der Waals surface area contributed by atoms with Crippen LogP contribution < -0.4 is 0 Å². The molecule has 0 aliphatic heterocycles. The summed E-state index contributed by atoms with van der Waals surface area (Å²) in [7, 11) is 1.65. The Kier molecular flexibility index (Phi) is 3.88. The number of hydrogen-bond donors (Lipinski definition) is 0. The molecule has 4 heteroatoms. The van der Waals surface area contributed by atoms with E-state index in [4.69, 9.17) is 10.5 Å². The number of nitrogens with zero attached hydrogens (tertiary/aromatic N) is 3. The molecule has 96 valence electrons. The molecule has 1 aliphatic rings. The fraction of sp³-hybridized carbons (Fsp3) is 0.0625. The van der Waals surface area contributed by atoms with Gasteiger partial charge < -0.3 is 0 Å². The van der Waals surface area contributed by atoms with Gasteiger partial charge in [-0.05, 0) is 29.8 Å². The number of rotatable bonds is 1. The molecule has 1 aromatic rings. The van der Waals surface area contributed by atoms with Crippen molar-refractivity contribution in [1.82, 2.24) is 0 Å². The molecule has 1 aromatic carbocycles. The minimum Gasteiger partial charge on any atom is -0.288 e. The summed E-state index contributed by atoms with van der Waals surface area (Å²) in [5.74, 6) is -0.318. The van der Waals surface area contributed by atoms with Gasteiger partial charge in [-0.15, -0.1) is 0 Å². The number of hydrogen-bond acceptors (Lipinski definition) is 3. The molecule has 1 aliphatic carbocycles. The molecule has 0 spiro atoms. The van der Waals surface area contributed by atoms with E-state index in [1.807, 2.05) is 12.1 Å². The summed E-state index contributed by atoms with van der Waals surface area (Å²) in [6.07, 6.45) is 5.14. The Hall–Kier alpha value is -2.98. The monoisotopic (exact) mass is 263 g/mol. The topological polar surface area (TPSA) is 59.9 Å². The highest BCUT2D eigenvalue weighted by Gasteiger charge is 2.14. The molecule has 20 heavy (non-hydrogen) atoms. The van der Waals surface area contributed by atoms with E-state index in [0.717, 1.165) is 16.8 Å². The van der Waals surface area contributed by atoms with E-state index in [1.54, 1.807) is 37.4 Å². The third-order valence-corrected chi connectivity index (χ3v) is 2.90. The van der Waals surface area contributed by atoms with Gasteiger partial charge in [-0.3, -0.25) is 4.99 Å². The van der Waals surface area contributed by atoms with Crippen LogP contribution in [0.3, 0.4) is 0 Å². The number of benzene rings is 1. The zero-order valence-electron chi connectivity index (χ0n) is 10.8. The molecule has 0 bridgehead atoms. The van der Waals surface area contributed by atoms with Gasteiger partial charge in [0.15, 0.2) is 0 Å². The van der Waals surface area contributed by atoms with Crippen molar-refractivity contribution < 1.29 is 4.39 Å². The second-order valence-corrected chi connectivity index (χ2v) is 4.06. The smallest absolute Gasteiger partial charge is 0.136 e. The zero-order chi connectivity index (χ0) is 14.5. The van der Waals surface area contributed by atoms with Crippen LogP contribution in [0.5, 0.6) is 0 Å². The van der Waals surface area contributed by atoms with Crippen molar-refractivity contribution in [1.29, 1.82) is 10.5 Å². The highest BCUT2D eigenvalue weighted by molar-refractivity contribution is 6.30. The third kappa shape index (κ3) is 2.55. The summed E-state index contributed by atoms with van der Waals surface area (Å²) in [6, 6.07) is 9.72. The highest BCUT2D eigenvalue weighted by Crippen LogP contribution is 2.25. The molecule has 0 unspecified atom stereocenters. The van der Waals surface area contributed by atoms with Gasteiger partial charge in [0.2, 0.25) is 0 Å². The van der Waals surface area contributed by atoms with Crippen molar-refractivity contribution >= 4 is 11.3 Å². The molecular weight excluding hydrogens is 253 g/mol. The zero-order valence-corrected chi connectivity index (χ0v) is 10.8. The quantitative estimate of drug-likeness (QED) is 0.730. The molecular formula is C16H10FN3. The lowest BCUT2D eigenvalue weighted by Crippen LogP contribution is -2.04. The molecule has 0 heterocycles. The van der Waals surface area contributed by atoms with Crippen molar-refractivity contribution in [2.75, 3.05) is 7.05 Å². The summed E-state index contributed by atoms with van der Waals surface area (Å²) < 4.78 is 13.0. The predicted molar refractivity (Wildman–Crippen MR) is 75.1 cm³/mol. The Morgan fingerprint density at radius 3 is 2.30 bits per heavy atom.